The molecule has 0 saturated carbocycles. The Morgan fingerprint density at radius 2 is 2.25 bits per heavy atom. The van der Waals surface area contributed by atoms with Gasteiger partial charge in [-0.2, -0.15) is 0 Å². The molecule has 3 heteroatoms. The molecular formula is C13H20N2O. The molecule has 1 fully saturated rings. The Kier molecular flexibility index (Phi) is 3.34. The van der Waals surface area contributed by atoms with E-state index in [1.165, 1.54) is 5.56 Å². The maximum absolute atomic E-state index is 5.98. The van der Waals surface area contributed by atoms with Crippen LogP contribution in [-0.2, 0) is 4.74 Å². The highest BCUT2D eigenvalue weighted by molar-refractivity contribution is 5.70. The molecule has 1 aliphatic rings. The fraction of sp³-hybridized carbons (Fsp3) is 0.538. The number of ether oxygens (including phenoxy) is 1. The summed E-state index contributed by atoms with van der Waals surface area (Å²) in [6.45, 7) is 5.04. The lowest BCUT2D eigenvalue weighted by Gasteiger charge is -2.29. The van der Waals surface area contributed by atoms with Crippen molar-refractivity contribution in [3.05, 3.63) is 23.8 Å². The van der Waals surface area contributed by atoms with Crippen LogP contribution in [-0.4, -0.2) is 18.8 Å². The van der Waals surface area contributed by atoms with Gasteiger partial charge in [-0.1, -0.05) is 12.1 Å². The van der Waals surface area contributed by atoms with Gasteiger partial charge in [0.05, 0.1) is 17.5 Å². The number of nitrogens with two attached hydrogens (primary N) is 1. The number of benzene rings is 1. The molecule has 0 spiro atoms. The van der Waals surface area contributed by atoms with Gasteiger partial charge in [0.1, 0.15) is 0 Å². The van der Waals surface area contributed by atoms with E-state index >= 15 is 0 Å². The van der Waals surface area contributed by atoms with Crippen molar-refractivity contribution in [1.29, 1.82) is 0 Å². The lowest BCUT2D eigenvalue weighted by atomic mass is 10.0. The van der Waals surface area contributed by atoms with Crippen molar-refractivity contribution in [1.82, 2.24) is 0 Å². The monoisotopic (exact) mass is 220 g/mol. The quantitative estimate of drug-likeness (QED) is 0.753. The summed E-state index contributed by atoms with van der Waals surface area (Å²) in [5, 5.41) is 3.54. The van der Waals surface area contributed by atoms with Crippen LogP contribution in [0, 0.1) is 6.92 Å². The normalized spacial score (nSPS) is 25.4. The third-order valence-corrected chi connectivity index (χ3v) is 3.14. The molecule has 2 rings (SSSR count). The molecule has 3 nitrogen and oxygen atoms in total. The third-order valence-electron chi connectivity index (χ3n) is 3.14. The van der Waals surface area contributed by atoms with Crippen LogP contribution < -0.4 is 11.1 Å². The minimum absolute atomic E-state index is 0.344. The first-order valence-corrected chi connectivity index (χ1v) is 5.90. The lowest BCUT2D eigenvalue weighted by molar-refractivity contribution is 0.0232. The number of hydrogen-bond acceptors (Lipinski definition) is 3. The van der Waals surface area contributed by atoms with Gasteiger partial charge >= 0.3 is 0 Å². The maximum atomic E-state index is 5.98. The predicted molar refractivity (Wildman–Crippen MR) is 67.7 cm³/mol. The van der Waals surface area contributed by atoms with Crippen molar-refractivity contribution < 1.29 is 4.74 Å². The first-order valence-electron chi connectivity index (χ1n) is 5.90. The van der Waals surface area contributed by atoms with E-state index in [2.05, 4.69) is 25.2 Å². The summed E-state index contributed by atoms with van der Waals surface area (Å²) in [6.07, 6.45) is 2.45. The molecule has 16 heavy (non-hydrogen) atoms. The molecule has 1 aromatic carbocycles. The maximum Gasteiger partial charge on any atom is 0.0605 e. The second-order valence-corrected chi connectivity index (χ2v) is 4.59. The number of para-hydroxylation sites is 1. The second kappa shape index (κ2) is 4.74. The van der Waals surface area contributed by atoms with E-state index < -0.39 is 0 Å². The Hall–Kier alpha value is -1.22. The minimum atomic E-state index is 0.344. The Morgan fingerprint density at radius 1 is 1.44 bits per heavy atom. The van der Waals surface area contributed by atoms with Gasteiger partial charge in [-0.15, -0.1) is 0 Å². The average Bonchev–Trinajstić information content (AvgIpc) is 2.24. The van der Waals surface area contributed by atoms with Gasteiger partial charge in [-0.25, -0.2) is 0 Å². The first-order chi connectivity index (χ1) is 7.66. The molecule has 3 N–H and O–H groups in total. The van der Waals surface area contributed by atoms with Crippen molar-refractivity contribution in [2.75, 3.05) is 17.7 Å². The molecule has 88 valence electrons. The largest absolute Gasteiger partial charge is 0.397 e. The zero-order valence-electron chi connectivity index (χ0n) is 9.99. The van der Waals surface area contributed by atoms with Gasteiger partial charge in [-0.05, 0) is 38.3 Å². The van der Waals surface area contributed by atoms with Crippen molar-refractivity contribution in [3.8, 4) is 0 Å². The molecule has 1 saturated heterocycles. The van der Waals surface area contributed by atoms with Crippen LogP contribution >= 0.6 is 0 Å². The summed E-state index contributed by atoms with van der Waals surface area (Å²) in [6, 6.07) is 6.49. The van der Waals surface area contributed by atoms with E-state index in [1.807, 2.05) is 12.1 Å². The van der Waals surface area contributed by atoms with Crippen molar-refractivity contribution in [2.45, 2.75) is 38.8 Å². The Bertz CT molecular complexity index is 345. The summed E-state index contributed by atoms with van der Waals surface area (Å²) in [7, 11) is 0. The summed E-state index contributed by atoms with van der Waals surface area (Å²) in [4.78, 5) is 0. The molecular weight excluding hydrogens is 200 g/mol. The first kappa shape index (κ1) is 11.3. The van der Waals surface area contributed by atoms with E-state index in [-0.39, 0.29) is 0 Å². The van der Waals surface area contributed by atoms with E-state index in [0.29, 0.717) is 12.1 Å². The average molecular weight is 220 g/mol. The number of nitrogen functional groups attached to an aromatic ring is 1. The summed E-state index contributed by atoms with van der Waals surface area (Å²) in [5.41, 5.74) is 9.10. The number of rotatable bonds is 2. The van der Waals surface area contributed by atoms with Gasteiger partial charge in [0.25, 0.3) is 0 Å². The number of aryl methyl sites for hydroxylation is 1. The highest BCUT2D eigenvalue weighted by Crippen LogP contribution is 2.26. The van der Waals surface area contributed by atoms with Crippen LogP contribution in [0.15, 0.2) is 18.2 Å². The van der Waals surface area contributed by atoms with Crippen LogP contribution in [0.1, 0.15) is 25.3 Å². The van der Waals surface area contributed by atoms with E-state index in [0.717, 1.165) is 30.8 Å². The zero-order valence-corrected chi connectivity index (χ0v) is 9.99. The molecule has 1 heterocycles. The topological polar surface area (TPSA) is 47.3 Å². The number of nitrogens with one attached hydrogen (secondary N) is 1. The smallest absolute Gasteiger partial charge is 0.0605 e. The van der Waals surface area contributed by atoms with Crippen LogP contribution in [0.25, 0.3) is 0 Å². The highest BCUT2D eigenvalue weighted by atomic mass is 16.5. The van der Waals surface area contributed by atoms with Crippen LogP contribution in [0.5, 0.6) is 0 Å². The minimum Gasteiger partial charge on any atom is -0.397 e. The van der Waals surface area contributed by atoms with Gasteiger partial charge in [0.2, 0.25) is 0 Å². The predicted octanol–water partition coefficient (Wildman–Crippen LogP) is 2.56. The highest BCUT2D eigenvalue weighted by Gasteiger charge is 2.20. The third kappa shape index (κ3) is 2.47. The van der Waals surface area contributed by atoms with Crippen LogP contribution in [0.3, 0.4) is 0 Å². The Morgan fingerprint density at radius 3 is 2.94 bits per heavy atom. The Balaban J connectivity index is 2.08. The van der Waals surface area contributed by atoms with E-state index in [1.54, 1.807) is 0 Å². The van der Waals surface area contributed by atoms with Crippen molar-refractivity contribution >= 4 is 11.4 Å². The SMILES string of the molecule is Cc1cccc(N)c1NC1CCOC(C)C1. The molecule has 1 aromatic rings. The van der Waals surface area contributed by atoms with Crippen molar-refractivity contribution in [3.63, 3.8) is 0 Å². The number of hydrogen-bond donors (Lipinski definition) is 2. The molecule has 0 bridgehead atoms. The summed E-state index contributed by atoms with van der Waals surface area (Å²) in [5.74, 6) is 0. The van der Waals surface area contributed by atoms with Gasteiger partial charge < -0.3 is 15.8 Å². The van der Waals surface area contributed by atoms with E-state index in [9.17, 15) is 0 Å². The fourth-order valence-electron chi connectivity index (χ4n) is 2.22. The lowest BCUT2D eigenvalue weighted by Crippen LogP contribution is -2.32. The molecule has 2 unspecified atom stereocenters. The van der Waals surface area contributed by atoms with Crippen LogP contribution in [0.4, 0.5) is 11.4 Å². The van der Waals surface area contributed by atoms with Crippen LogP contribution in [0.2, 0.25) is 0 Å². The molecule has 0 aromatic heterocycles. The Labute approximate surface area is 97.0 Å². The molecule has 0 amide bonds. The number of anilines is 2. The van der Waals surface area contributed by atoms with Gasteiger partial charge in [0.15, 0.2) is 0 Å². The van der Waals surface area contributed by atoms with Gasteiger partial charge in [0, 0.05) is 12.6 Å². The molecule has 1 aliphatic heterocycles. The standard InChI is InChI=1S/C13H20N2O/c1-9-4-3-5-12(14)13(9)15-11-6-7-16-10(2)8-11/h3-5,10-11,15H,6-8,14H2,1-2H3. The summed E-state index contributed by atoms with van der Waals surface area (Å²) >= 11 is 0. The fourth-order valence-corrected chi connectivity index (χ4v) is 2.22. The van der Waals surface area contributed by atoms with Gasteiger partial charge in [-0.3, -0.25) is 0 Å². The zero-order chi connectivity index (χ0) is 11.5. The van der Waals surface area contributed by atoms with E-state index in [4.69, 9.17) is 10.5 Å². The summed E-state index contributed by atoms with van der Waals surface area (Å²) < 4.78 is 5.53. The molecule has 2 atom stereocenters. The van der Waals surface area contributed by atoms with Crippen molar-refractivity contribution in [2.24, 2.45) is 0 Å². The second-order valence-electron chi connectivity index (χ2n) is 4.59. The molecule has 0 radical (unpaired) electrons. The molecule has 0 aliphatic carbocycles.